The summed E-state index contributed by atoms with van der Waals surface area (Å²) in [5.74, 6) is 0.0728. The minimum atomic E-state index is -0.522. The van der Waals surface area contributed by atoms with Crippen LogP contribution in [-0.2, 0) is 14.3 Å². The van der Waals surface area contributed by atoms with E-state index in [9.17, 15) is 9.59 Å². The third kappa shape index (κ3) is 4.22. The number of likely N-dealkylation sites (tertiary alicyclic amines) is 1. The van der Waals surface area contributed by atoms with Crippen molar-refractivity contribution < 1.29 is 19.1 Å². The lowest BCUT2D eigenvalue weighted by atomic mass is 9.99. The molecule has 1 aromatic rings. The highest BCUT2D eigenvalue weighted by Gasteiger charge is 2.33. The van der Waals surface area contributed by atoms with Crippen LogP contribution in [0.15, 0.2) is 30.3 Å². The normalized spacial score (nSPS) is 25.1. The highest BCUT2D eigenvalue weighted by atomic mass is 16.6. The fraction of sp³-hybridized carbons (Fsp3) is 0.579. The maximum Gasteiger partial charge on any atom is 0.254 e. The molecule has 1 aromatic carbocycles. The Balaban J connectivity index is 1.70. The summed E-state index contributed by atoms with van der Waals surface area (Å²) in [6.07, 6.45) is 3.86. The van der Waals surface area contributed by atoms with Crippen molar-refractivity contribution in [1.29, 1.82) is 0 Å². The van der Waals surface area contributed by atoms with E-state index in [4.69, 9.17) is 9.47 Å². The van der Waals surface area contributed by atoms with Gasteiger partial charge in [0, 0.05) is 24.6 Å². The van der Waals surface area contributed by atoms with Crippen molar-refractivity contribution >= 4 is 11.7 Å². The fourth-order valence-electron chi connectivity index (χ4n) is 3.45. The quantitative estimate of drug-likeness (QED) is 0.795. The van der Waals surface area contributed by atoms with Crippen molar-refractivity contribution in [3.63, 3.8) is 0 Å². The van der Waals surface area contributed by atoms with Crippen LogP contribution in [0.25, 0.3) is 0 Å². The van der Waals surface area contributed by atoms with Gasteiger partial charge in [0.05, 0.1) is 19.8 Å². The summed E-state index contributed by atoms with van der Waals surface area (Å²) in [7, 11) is 0. The van der Waals surface area contributed by atoms with Gasteiger partial charge in [-0.2, -0.15) is 0 Å². The number of nitrogens with zero attached hydrogens (tertiary/aromatic N) is 1. The Kier molecular flexibility index (Phi) is 5.99. The van der Waals surface area contributed by atoms with Crippen LogP contribution in [0.5, 0.6) is 0 Å². The predicted molar refractivity (Wildman–Crippen MR) is 89.9 cm³/mol. The third-order valence-electron chi connectivity index (χ3n) is 4.77. The molecule has 2 atom stereocenters. The minimum Gasteiger partial charge on any atom is -0.376 e. The molecule has 1 amide bonds. The van der Waals surface area contributed by atoms with Crippen molar-refractivity contribution in [3.05, 3.63) is 35.9 Å². The van der Waals surface area contributed by atoms with Crippen molar-refractivity contribution in [2.75, 3.05) is 26.4 Å². The minimum absolute atomic E-state index is 0.0255. The molecule has 130 valence electrons. The van der Waals surface area contributed by atoms with Gasteiger partial charge in [0.2, 0.25) is 0 Å². The molecule has 2 fully saturated rings. The molecule has 0 bridgehead atoms. The Labute approximate surface area is 142 Å². The Bertz CT molecular complexity index is 554. The van der Waals surface area contributed by atoms with Crippen LogP contribution >= 0.6 is 0 Å². The van der Waals surface area contributed by atoms with Crippen LogP contribution < -0.4 is 0 Å². The molecule has 0 aromatic heterocycles. The first-order valence-corrected chi connectivity index (χ1v) is 8.84. The first-order valence-electron chi connectivity index (χ1n) is 8.84. The second-order valence-corrected chi connectivity index (χ2v) is 6.46. The van der Waals surface area contributed by atoms with Crippen LogP contribution in [-0.4, -0.2) is 55.1 Å². The highest BCUT2D eigenvalue weighted by Crippen LogP contribution is 2.23. The van der Waals surface area contributed by atoms with E-state index in [-0.39, 0.29) is 17.7 Å². The van der Waals surface area contributed by atoms with Crippen LogP contribution in [0, 0.1) is 0 Å². The van der Waals surface area contributed by atoms with Crippen molar-refractivity contribution in [2.24, 2.45) is 0 Å². The summed E-state index contributed by atoms with van der Waals surface area (Å²) in [4.78, 5) is 27.3. The molecular weight excluding hydrogens is 306 g/mol. The summed E-state index contributed by atoms with van der Waals surface area (Å²) in [5.41, 5.74) is 0.714. The maximum absolute atomic E-state index is 12.8. The summed E-state index contributed by atoms with van der Waals surface area (Å²) >= 11 is 0. The van der Waals surface area contributed by atoms with Gasteiger partial charge in [0.1, 0.15) is 0 Å². The van der Waals surface area contributed by atoms with Gasteiger partial charge in [-0.3, -0.25) is 9.59 Å². The molecule has 0 radical (unpaired) electrons. The molecular formula is C19H25NO4. The number of carbonyl (C=O) groups excluding carboxylic acids is 2. The lowest BCUT2D eigenvalue weighted by Crippen LogP contribution is -2.49. The molecule has 0 spiro atoms. The van der Waals surface area contributed by atoms with Crippen LogP contribution in [0.1, 0.15) is 42.5 Å². The number of Topliss-reactive ketones (excluding diaryl/α,β-unsaturated/α-hetero) is 1. The zero-order valence-corrected chi connectivity index (χ0v) is 14.0. The number of hydrogen-bond acceptors (Lipinski definition) is 4. The zero-order chi connectivity index (χ0) is 16.8. The number of carbonyl (C=O) groups is 2. The van der Waals surface area contributed by atoms with Crippen molar-refractivity contribution in [2.45, 2.75) is 44.2 Å². The molecule has 0 unspecified atom stereocenters. The molecule has 2 saturated heterocycles. The Morgan fingerprint density at radius 1 is 1.08 bits per heavy atom. The lowest BCUT2D eigenvalue weighted by molar-refractivity contribution is -0.160. The number of amides is 1. The van der Waals surface area contributed by atoms with Crippen molar-refractivity contribution in [3.8, 4) is 0 Å². The second-order valence-electron chi connectivity index (χ2n) is 6.46. The third-order valence-corrected chi connectivity index (χ3v) is 4.77. The molecule has 2 aliphatic rings. The molecule has 0 saturated carbocycles. The van der Waals surface area contributed by atoms with Gasteiger partial charge in [-0.15, -0.1) is 0 Å². The van der Waals surface area contributed by atoms with Gasteiger partial charge < -0.3 is 14.4 Å². The average Bonchev–Trinajstić information content (AvgIpc) is 2.88. The smallest absolute Gasteiger partial charge is 0.254 e. The van der Waals surface area contributed by atoms with Gasteiger partial charge in [0.25, 0.3) is 5.91 Å². The van der Waals surface area contributed by atoms with Crippen LogP contribution in [0.2, 0.25) is 0 Å². The SMILES string of the molecule is O=C(C[C@H]1CCCCCN1C(=O)[C@H]1COCCO1)c1ccccc1. The largest absolute Gasteiger partial charge is 0.376 e. The van der Waals surface area contributed by atoms with E-state index in [1.807, 2.05) is 35.2 Å². The first kappa shape index (κ1) is 17.1. The molecule has 2 aliphatic heterocycles. The Hall–Kier alpha value is -1.72. The van der Waals surface area contributed by atoms with Gasteiger partial charge in [-0.1, -0.05) is 43.2 Å². The molecule has 3 rings (SSSR count). The van der Waals surface area contributed by atoms with E-state index in [0.717, 1.165) is 25.7 Å². The van der Waals surface area contributed by atoms with Gasteiger partial charge in [0.15, 0.2) is 11.9 Å². The standard InChI is InChI=1S/C19H25NO4/c21-17(15-7-3-1-4-8-15)13-16-9-5-2-6-10-20(16)19(22)18-14-23-11-12-24-18/h1,3-4,7-8,16,18H,2,5-6,9-14H2/t16-,18-/m1/s1. The number of ketones is 1. The van der Waals surface area contributed by atoms with Crippen LogP contribution in [0.3, 0.4) is 0 Å². The summed E-state index contributed by atoms with van der Waals surface area (Å²) in [6, 6.07) is 9.27. The number of benzene rings is 1. The van der Waals surface area contributed by atoms with Gasteiger partial charge in [-0.05, 0) is 12.8 Å². The van der Waals surface area contributed by atoms with E-state index in [1.54, 1.807) is 0 Å². The highest BCUT2D eigenvalue weighted by molar-refractivity contribution is 5.96. The van der Waals surface area contributed by atoms with E-state index in [1.165, 1.54) is 0 Å². The average molecular weight is 331 g/mol. The number of hydrogen-bond donors (Lipinski definition) is 0. The summed E-state index contributed by atoms with van der Waals surface area (Å²) in [5, 5.41) is 0. The predicted octanol–water partition coefficient (Wildman–Crippen LogP) is 2.45. The summed E-state index contributed by atoms with van der Waals surface area (Å²) < 4.78 is 10.9. The molecule has 5 heteroatoms. The van der Waals surface area contributed by atoms with Crippen LogP contribution in [0.4, 0.5) is 0 Å². The lowest BCUT2D eigenvalue weighted by Gasteiger charge is -2.34. The van der Waals surface area contributed by atoms with E-state index in [2.05, 4.69) is 0 Å². The number of rotatable bonds is 4. The van der Waals surface area contributed by atoms with Gasteiger partial charge >= 0.3 is 0 Å². The molecule has 2 heterocycles. The van der Waals surface area contributed by atoms with Crippen molar-refractivity contribution in [1.82, 2.24) is 4.90 Å². The Morgan fingerprint density at radius 2 is 1.92 bits per heavy atom. The molecule has 0 N–H and O–H groups in total. The first-order chi connectivity index (χ1) is 11.8. The Morgan fingerprint density at radius 3 is 2.67 bits per heavy atom. The molecule has 5 nitrogen and oxygen atoms in total. The topological polar surface area (TPSA) is 55.8 Å². The second kappa shape index (κ2) is 8.40. The molecule has 0 aliphatic carbocycles. The van der Waals surface area contributed by atoms with E-state index < -0.39 is 6.10 Å². The summed E-state index contributed by atoms with van der Waals surface area (Å²) in [6.45, 7) is 2.01. The van der Waals surface area contributed by atoms with E-state index in [0.29, 0.717) is 38.3 Å². The number of ether oxygens (including phenoxy) is 2. The maximum atomic E-state index is 12.8. The van der Waals surface area contributed by atoms with E-state index >= 15 is 0 Å². The molecule has 24 heavy (non-hydrogen) atoms. The monoisotopic (exact) mass is 331 g/mol. The zero-order valence-electron chi connectivity index (χ0n) is 14.0. The fourth-order valence-corrected chi connectivity index (χ4v) is 3.45. The van der Waals surface area contributed by atoms with Gasteiger partial charge in [-0.25, -0.2) is 0 Å².